The number of nitrogens with one attached hydrogen (secondary N) is 1. The van der Waals surface area contributed by atoms with Crippen LogP contribution in [0.15, 0.2) is 47.5 Å². The van der Waals surface area contributed by atoms with E-state index in [1.807, 2.05) is 36.4 Å². The molecule has 0 atom stereocenters. The summed E-state index contributed by atoms with van der Waals surface area (Å²) < 4.78 is 5.18. The zero-order valence-corrected chi connectivity index (χ0v) is 15.9. The van der Waals surface area contributed by atoms with Gasteiger partial charge in [0.15, 0.2) is 5.96 Å². The van der Waals surface area contributed by atoms with Crippen LogP contribution in [-0.2, 0) is 6.54 Å². The minimum Gasteiger partial charge on any atom is -0.506 e. The summed E-state index contributed by atoms with van der Waals surface area (Å²) in [6, 6.07) is 13.2. The summed E-state index contributed by atoms with van der Waals surface area (Å²) in [7, 11) is 1.61. The SMILES string of the molecule is CCNC(=NCc1cccc(OC)n1)N1CCN(c2ccccc2O)CC1. The van der Waals surface area contributed by atoms with Gasteiger partial charge in [-0.3, -0.25) is 0 Å². The Kier molecular flexibility index (Phi) is 6.35. The average molecular weight is 369 g/mol. The largest absolute Gasteiger partial charge is 0.506 e. The first-order valence-electron chi connectivity index (χ1n) is 9.27. The molecule has 1 aliphatic heterocycles. The summed E-state index contributed by atoms with van der Waals surface area (Å²) in [4.78, 5) is 13.6. The Morgan fingerprint density at radius 1 is 1.15 bits per heavy atom. The Morgan fingerprint density at radius 2 is 1.93 bits per heavy atom. The van der Waals surface area contributed by atoms with Crippen LogP contribution in [0.5, 0.6) is 11.6 Å². The zero-order chi connectivity index (χ0) is 19.1. The van der Waals surface area contributed by atoms with Crippen LogP contribution < -0.4 is 15.0 Å². The van der Waals surface area contributed by atoms with E-state index in [9.17, 15) is 5.11 Å². The Labute approximate surface area is 160 Å². The molecule has 1 aromatic heterocycles. The normalized spacial score (nSPS) is 15.0. The van der Waals surface area contributed by atoms with Crippen LogP contribution in [0.2, 0.25) is 0 Å². The average Bonchev–Trinajstić information content (AvgIpc) is 2.72. The molecule has 0 amide bonds. The molecule has 1 aromatic carbocycles. The van der Waals surface area contributed by atoms with E-state index in [0.29, 0.717) is 18.2 Å². The lowest BCUT2D eigenvalue weighted by Crippen LogP contribution is -2.52. The highest BCUT2D eigenvalue weighted by Crippen LogP contribution is 2.27. The van der Waals surface area contributed by atoms with Crippen molar-refractivity contribution in [3.05, 3.63) is 48.2 Å². The first-order valence-corrected chi connectivity index (χ1v) is 9.27. The van der Waals surface area contributed by atoms with Gasteiger partial charge in [0.05, 0.1) is 25.0 Å². The number of piperazine rings is 1. The Bertz CT molecular complexity index is 772. The molecule has 1 saturated heterocycles. The number of aliphatic imine (C=N–C) groups is 1. The summed E-state index contributed by atoms with van der Waals surface area (Å²) in [5, 5.41) is 13.4. The number of anilines is 1. The maximum atomic E-state index is 10.1. The van der Waals surface area contributed by atoms with Crippen molar-refractivity contribution in [2.45, 2.75) is 13.5 Å². The quantitative estimate of drug-likeness (QED) is 0.621. The molecule has 0 bridgehead atoms. The lowest BCUT2D eigenvalue weighted by atomic mass is 10.2. The number of hydrogen-bond acceptors (Lipinski definition) is 5. The van der Waals surface area contributed by atoms with Crippen molar-refractivity contribution in [3.8, 4) is 11.6 Å². The Morgan fingerprint density at radius 3 is 2.63 bits per heavy atom. The van der Waals surface area contributed by atoms with Gasteiger partial charge in [-0.1, -0.05) is 18.2 Å². The third-order valence-electron chi connectivity index (χ3n) is 4.52. The van der Waals surface area contributed by atoms with E-state index >= 15 is 0 Å². The van der Waals surface area contributed by atoms with Crippen molar-refractivity contribution in [1.82, 2.24) is 15.2 Å². The van der Waals surface area contributed by atoms with Crippen molar-refractivity contribution in [2.75, 3.05) is 44.7 Å². The molecule has 2 aromatic rings. The van der Waals surface area contributed by atoms with Crippen LogP contribution in [-0.4, -0.2) is 60.8 Å². The van der Waals surface area contributed by atoms with Gasteiger partial charge in [-0.05, 0) is 25.1 Å². The minimum atomic E-state index is 0.329. The van der Waals surface area contributed by atoms with Gasteiger partial charge in [0.2, 0.25) is 5.88 Å². The van der Waals surface area contributed by atoms with Crippen LogP contribution in [0.4, 0.5) is 5.69 Å². The molecule has 0 unspecified atom stereocenters. The molecule has 27 heavy (non-hydrogen) atoms. The van der Waals surface area contributed by atoms with Crippen LogP contribution in [0.25, 0.3) is 0 Å². The fourth-order valence-electron chi connectivity index (χ4n) is 3.13. The van der Waals surface area contributed by atoms with Crippen LogP contribution in [0.1, 0.15) is 12.6 Å². The van der Waals surface area contributed by atoms with Crippen LogP contribution in [0.3, 0.4) is 0 Å². The van der Waals surface area contributed by atoms with Crippen LogP contribution >= 0.6 is 0 Å². The second kappa shape index (κ2) is 9.12. The number of aromatic nitrogens is 1. The third-order valence-corrected chi connectivity index (χ3v) is 4.52. The molecular formula is C20H27N5O2. The van der Waals surface area contributed by atoms with E-state index < -0.39 is 0 Å². The molecule has 0 radical (unpaired) electrons. The number of guanidine groups is 1. The first-order chi connectivity index (χ1) is 13.2. The second-order valence-electron chi connectivity index (χ2n) is 6.30. The van der Waals surface area contributed by atoms with Crippen molar-refractivity contribution < 1.29 is 9.84 Å². The highest BCUT2D eigenvalue weighted by Gasteiger charge is 2.21. The standard InChI is InChI=1S/C20H27N5O2/c1-3-21-20(22-15-16-7-6-10-19(23-16)27-2)25-13-11-24(12-14-25)17-8-4-5-9-18(17)26/h4-10,26H,3,11-15H2,1-2H3,(H,21,22). The van der Waals surface area contributed by atoms with E-state index in [-0.39, 0.29) is 0 Å². The molecule has 7 heteroatoms. The zero-order valence-electron chi connectivity index (χ0n) is 15.9. The number of nitrogens with zero attached hydrogens (tertiary/aromatic N) is 4. The number of pyridine rings is 1. The lowest BCUT2D eigenvalue weighted by Gasteiger charge is -2.37. The number of hydrogen-bond donors (Lipinski definition) is 2. The van der Waals surface area contributed by atoms with Gasteiger partial charge in [0.25, 0.3) is 0 Å². The molecule has 2 N–H and O–H groups in total. The fraction of sp³-hybridized carbons (Fsp3) is 0.400. The summed E-state index contributed by atoms with van der Waals surface area (Å²) in [5.41, 5.74) is 1.76. The van der Waals surface area contributed by atoms with Crippen molar-refractivity contribution in [1.29, 1.82) is 0 Å². The van der Waals surface area contributed by atoms with Gasteiger partial charge < -0.3 is 25.0 Å². The number of ether oxygens (including phenoxy) is 1. The minimum absolute atomic E-state index is 0.329. The van der Waals surface area contributed by atoms with E-state index in [4.69, 9.17) is 9.73 Å². The monoisotopic (exact) mass is 369 g/mol. The lowest BCUT2D eigenvalue weighted by molar-refractivity contribution is 0.369. The first kappa shape index (κ1) is 18.8. The summed E-state index contributed by atoms with van der Waals surface area (Å²) in [6.07, 6.45) is 0. The van der Waals surface area contributed by atoms with Gasteiger partial charge in [-0.2, -0.15) is 0 Å². The third kappa shape index (κ3) is 4.81. The van der Waals surface area contributed by atoms with E-state index in [1.54, 1.807) is 13.2 Å². The molecule has 3 rings (SSSR count). The number of phenols is 1. The maximum absolute atomic E-state index is 10.1. The number of methoxy groups -OCH3 is 1. The second-order valence-corrected chi connectivity index (χ2v) is 6.30. The smallest absolute Gasteiger partial charge is 0.213 e. The number of aromatic hydroxyl groups is 1. The highest BCUT2D eigenvalue weighted by atomic mass is 16.5. The molecule has 0 saturated carbocycles. The summed E-state index contributed by atoms with van der Waals surface area (Å²) in [6.45, 7) is 6.72. The van der Waals surface area contributed by atoms with Gasteiger partial charge in [-0.15, -0.1) is 0 Å². The maximum Gasteiger partial charge on any atom is 0.213 e. The molecular weight excluding hydrogens is 342 g/mol. The number of rotatable bonds is 5. The number of benzene rings is 1. The van der Waals surface area contributed by atoms with E-state index in [0.717, 1.165) is 50.1 Å². The summed E-state index contributed by atoms with van der Waals surface area (Å²) >= 11 is 0. The van der Waals surface area contributed by atoms with Crippen molar-refractivity contribution in [3.63, 3.8) is 0 Å². The number of para-hydroxylation sites is 2. The van der Waals surface area contributed by atoms with Gasteiger partial charge in [0, 0.05) is 38.8 Å². The fourth-order valence-corrected chi connectivity index (χ4v) is 3.13. The molecule has 0 aliphatic carbocycles. The van der Waals surface area contributed by atoms with E-state index in [1.165, 1.54) is 0 Å². The topological polar surface area (TPSA) is 73.2 Å². The van der Waals surface area contributed by atoms with Gasteiger partial charge in [-0.25, -0.2) is 9.98 Å². The molecule has 1 aliphatic rings. The van der Waals surface area contributed by atoms with Crippen LogP contribution in [0, 0.1) is 0 Å². The molecule has 7 nitrogen and oxygen atoms in total. The predicted molar refractivity (Wildman–Crippen MR) is 107 cm³/mol. The van der Waals surface area contributed by atoms with Gasteiger partial charge >= 0.3 is 0 Å². The molecule has 2 heterocycles. The van der Waals surface area contributed by atoms with Crippen molar-refractivity contribution in [2.24, 2.45) is 4.99 Å². The Hall–Kier alpha value is -2.96. The van der Waals surface area contributed by atoms with Crippen molar-refractivity contribution >= 4 is 11.6 Å². The van der Waals surface area contributed by atoms with Gasteiger partial charge in [0.1, 0.15) is 5.75 Å². The number of phenolic OH excluding ortho intramolecular Hbond substituents is 1. The van der Waals surface area contributed by atoms with E-state index in [2.05, 4.69) is 27.0 Å². The summed E-state index contributed by atoms with van der Waals surface area (Å²) in [5.74, 6) is 1.82. The molecule has 1 fully saturated rings. The highest BCUT2D eigenvalue weighted by molar-refractivity contribution is 5.80. The Balaban J connectivity index is 1.64. The molecule has 144 valence electrons. The predicted octanol–water partition coefficient (Wildman–Crippen LogP) is 2.08. The molecule has 0 spiro atoms.